The van der Waals surface area contributed by atoms with Crippen molar-refractivity contribution in [1.29, 1.82) is 0 Å². The highest BCUT2D eigenvalue weighted by atomic mass is 16.5. The number of nitrogens with one attached hydrogen (secondary N) is 2. The number of carbonyl (C=O) groups is 2. The van der Waals surface area contributed by atoms with Gasteiger partial charge in [0.2, 0.25) is 0 Å². The second-order valence-electron chi connectivity index (χ2n) is 4.71. The molecule has 2 amide bonds. The summed E-state index contributed by atoms with van der Waals surface area (Å²) in [5.41, 5.74) is 2.03. The quantitative estimate of drug-likeness (QED) is 0.840. The third kappa shape index (κ3) is 4.54. The van der Waals surface area contributed by atoms with E-state index in [9.17, 15) is 9.59 Å². The average molecular weight is 294 g/mol. The molecule has 0 aliphatic heterocycles. The van der Waals surface area contributed by atoms with Crippen LogP contribution in [0, 0.1) is 6.92 Å². The molecule has 0 aromatic heterocycles. The molecule has 0 fully saturated rings. The molecule has 0 spiro atoms. The van der Waals surface area contributed by atoms with Crippen LogP contribution in [0.4, 0.5) is 11.4 Å². The number of carbonyl (C=O) groups excluding carboxylic acids is 2. The Morgan fingerprint density at radius 2 is 1.33 bits per heavy atom. The molecule has 0 bridgehead atoms. The molecule has 1 aromatic carbocycles. The Bertz CT molecular complexity index is 474. The molecule has 0 heterocycles. The van der Waals surface area contributed by atoms with Gasteiger partial charge in [-0.1, -0.05) is 6.07 Å². The van der Waals surface area contributed by atoms with Gasteiger partial charge in [0.1, 0.15) is 12.2 Å². The summed E-state index contributed by atoms with van der Waals surface area (Å²) in [6.45, 7) is 5.15. The predicted octanol–water partition coefficient (Wildman–Crippen LogP) is 1.94. The van der Waals surface area contributed by atoms with Crippen molar-refractivity contribution in [2.75, 3.05) is 24.9 Å². The van der Waals surface area contributed by atoms with E-state index < -0.39 is 12.2 Å². The van der Waals surface area contributed by atoms with Crippen LogP contribution in [0.25, 0.3) is 0 Å². The van der Waals surface area contributed by atoms with E-state index in [-0.39, 0.29) is 11.8 Å². The van der Waals surface area contributed by atoms with E-state index in [0.29, 0.717) is 11.4 Å². The lowest BCUT2D eigenvalue weighted by molar-refractivity contribution is -0.125. The van der Waals surface area contributed by atoms with Crippen LogP contribution in [0.2, 0.25) is 0 Å². The third-order valence-electron chi connectivity index (χ3n) is 3.30. The highest BCUT2D eigenvalue weighted by molar-refractivity contribution is 5.98. The number of hydrogen-bond acceptors (Lipinski definition) is 4. The van der Waals surface area contributed by atoms with Crippen LogP contribution in [0.1, 0.15) is 19.4 Å². The number of methoxy groups -OCH3 is 2. The summed E-state index contributed by atoms with van der Waals surface area (Å²) < 4.78 is 9.93. The lowest BCUT2D eigenvalue weighted by Crippen LogP contribution is -2.28. The molecule has 116 valence electrons. The molecule has 1 rings (SSSR count). The van der Waals surface area contributed by atoms with Crippen LogP contribution in [-0.4, -0.2) is 38.2 Å². The first-order chi connectivity index (χ1) is 9.90. The average Bonchev–Trinajstić information content (AvgIpc) is 2.49. The Morgan fingerprint density at radius 3 is 1.67 bits per heavy atom. The van der Waals surface area contributed by atoms with Crippen LogP contribution >= 0.6 is 0 Å². The van der Waals surface area contributed by atoms with Crippen molar-refractivity contribution in [2.24, 2.45) is 0 Å². The molecule has 1 aromatic rings. The molecule has 2 N–H and O–H groups in total. The minimum Gasteiger partial charge on any atom is -0.372 e. The molecule has 0 saturated carbocycles. The van der Waals surface area contributed by atoms with Crippen molar-refractivity contribution in [3.8, 4) is 0 Å². The first-order valence-corrected chi connectivity index (χ1v) is 6.67. The summed E-state index contributed by atoms with van der Waals surface area (Å²) in [5.74, 6) is -0.483. The van der Waals surface area contributed by atoms with Gasteiger partial charge in [-0.3, -0.25) is 9.59 Å². The Kier molecular flexibility index (Phi) is 6.33. The largest absolute Gasteiger partial charge is 0.372 e. The van der Waals surface area contributed by atoms with Gasteiger partial charge in [-0.15, -0.1) is 0 Å². The zero-order valence-corrected chi connectivity index (χ0v) is 13.0. The molecule has 0 saturated heterocycles. The Labute approximate surface area is 124 Å². The predicted molar refractivity (Wildman–Crippen MR) is 81.4 cm³/mol. The Hall–Kier alpha value is -1.92. The van der Waals surface area contributed by atoms with Crippen molar-refractivity contribution >= 4 is 23.2 Å². The lowest BCUT2D eigenvalue weighted by atomic mass is 10.1. The van der Waals surface area contributed by atoms with Crippen molar-refractivity contribution in [2.45, 2.75) is 33.0 Å². The number of amides is 2. The first kappa shape index (κ1) is 17.1. The molecule has 6 heteroatoms. The van der Waals surface area contributed by atoms with E-state index in [1.54, 1.807) is 32.0 Å². The van der Waals surface area contributed by atoms with Gasteiger partial charge in [0.25, 0.3) is 11.8 Å². The maximum absolute atomic E-state index is 11.8. The van der Waals surface area contributed by atoms with E-state index >= 15 is 0 Å². The van der Waals surface area contributed by atoms with Gasteiger partial charge >= 0.3 is 0 Å². The van der Waals surface area contributed by atoms with Gasteiger partial charge in [0.15, 0.2) is 0 Å². The van der Waals surface area contributed by atoms with Crippen molar-refractivity contribution in [3.05, 3.63) is 23.8 Å². The topological polar surface area (TPSA) is 76.7 Å². The fourth-order valence-electron chi connectivity index (χ4n) is 1.59. The molecule has 0 aliphatic rings. The van der Waals surface area contributed by atoms with E-state index in [1.807, 2.05) is 6.92 Å². The summed E-state index contributed by atoms with van der Waals surface area (Å²) in [6.07, 6.45) is -1.09. The molecule has 0 radical (unpaired) electrons. The highest BCUT2D eigenvalue weighted by Crippen LogP contribution is 2.23. The van der Waals surface area contributed by atoms with Gasteiger partial charge in [-0.05, 0) is 38.5 Å². The Morgan fingerprint density at radius 1 is 0.952 bits per heavy atom. The number of rotatable bonds is 6. The molecule has 6 nitrogen and oxygen atoms in total. The van der Waals surface area contributed by atoms with Gasteiger partial charge in [0, 0.05) is 25.6 Å². The molecular weight excluding hydrogens is 272 g/mol. The summed E-state index contributed by atoms with van der Waals surface area (Å²) in [7, 11) is 2.94. The smallest absolute Gasteiger partial charge is 0.253 e. The molecule has 0 aliphatic carbocycles. The van der Waals surface area contributed by atoms with Crippen LogP contribution in [0.15, 0.2) is 18.2 Å². The summed E-state index contributed by atoms with van der Waals surface area (Å²) in [6, 6.07) is 5.29. The standard InChI is InChI=1S/C15H22N2O4/c1-9-12(16-14(18)10(2)20-4)7-6-8-13(9)17-15(19)11(3)21-5/h6-8,10-11H,1-5H3,(H,16,18)(H,17,19)/t10-,11-/m0/s1. The van der Waals surface area contributed by atoms with Gasteiger partial charge in [0.05, 0.1) is 0 Å². The normalized spacial score (nSPS) is 13.4. The number of benzene rings is 1. The van der Waals surface area contributed by atoms with Gasteiger partial charge in [-0.25, -0.2) is 0 Å². The number of anilines is 2. The zero-order chi connectivity index (χ0) is 16.0. The fraction of sp³-hybridized carbons (Fsp3) is 0.467. The molecular formula is C15H22N2O4. The SMILES string of the molecule is CO[C@@H](C)C(=O)Nc1cccc(NC(=O)[C@H](C)OC)c1C. The van der Waals surface area contributed by atoms with E-state index in [4.69, 9.17) is 9.47 Å². The first-order valence-electron chi connectivity index (χ1n) is 6.67. The van der Waals surface area contributed by atoms with E-state index in [2.05, 4.69) is 10.6 Å². The van der Waals surface area contributed by atoms with Crippen LogP contribution in [-0.2, 0) is 19.1 Å². The third-order valence-corrected chi connectivity index (χ3v) is 3.30. The molecule has 21 heavy (non-hydrogen) atoms. The molecule has 0 unspecified atom stereocenters. The highest BCUT2D eigenvalue weighted by Gasteiger charge is 2.16. The second-order valence-corrected chi connectivity index (χ2v) is 4.71. The van der Waals surface area contributed by atoms with Crippen LogP contribution < -0.4 is 10.6 Å². The maximum atomic E-state index is 11.8. The van der Waals surface area contributed by atoms with Gasteiger partial charge < -0.3 is 20.1 Å². The summed E-state index contributed by atoms with van der Waals surface area (Å²) >= 11 is 0. The monoisotopic (exact) mass is 294 g/mol. The zero-order valence-electron chi connectivity index (χ0n) is 13.0. The maximum Gasteiger partial charge on any atom is 0.253 e. The second kappa shape index (κ2) is 7.75. The van der Waals surface area contributed by atoms with Gasteiger partial charge in [-0.2, -0.15) is 0 Å². The number of hydrogen-bond donors (Lipinski definition) is 2. The lowest BCUT2D eigenvalue weighted by Gasteiger charge is -2.16. The van der Waals surface area contributed by atoms with E-state index in [1.165, 1.54) is 14.2 Å². The van der Waals surface area contributed by atoms with Crippen LogP contribution in [0.3, 0.4) is 0 Å². The van der Waals surface area contributed by atoms with Crippen molar-refractivity contribution < 1.29 is 19.1 Å². The van der Waals surface area contributed by atoms with Crippen molar-refractivity contribution in [1.82, 2.24) is 0 Å². The minimum atomic E-state index is -0.545. The van der Waals surface area contributed by atoms with Crippen molar-refractivity contribution in [3.63, 3.8) is 0 Å². The summed E-state index contributed by atoms with van der Waals surface area (Å²) in [5, 5.41) is 5.54. The number of ether oxygens (including phenoxy) is 2. The van der Waals surface area contributed by atoms with Crippen LogP contribution in [0.5, 0.6) is 0 Å². The minimum absolute atomic E-state index is 0.241. The fourth-order valence-corrected chi connectivity index (χ4v) is 1.59. The Balaban J connectivity index is 2.88. The van der Waals surface area contributed by atoms with E-state index in [0.717, 1.165) is 5.56 Å². The molecule has 2 atom stereocenters. The summed E-state index contributed by atoms with van der Waals surface area (Å²) in [4.78, 5) is 23.7.